The lowest BCUT2D eigenvalue weighted by molar-refractivity contribution is -0.183. The molecule has 0 saturated heterocycles. The maximum absolute atomic E-state index is 12.5. The van der Waals surface area contributed by atoms with Gasteiger partial charge in [0.25, 0.3) is 0 Å². The highest BCUT2D eigenvalue weighted by Gasteiger charge is 2.67. The Kier molecular flexibility index (Phi) is 8.78. The van der Waals surface area contributed by atoms with Crippen molar-refractivity contribution in [2.24, 2.45) is 45.8 Å². The van der Waals surface area contributed by atoms with Crippen LogP contribution < -0.4 is 0 Å². The molecule has 9 heteroatoms. The molecule has 0 radical (unpaired) electrons. The van der Waals surface area contributed by atoms with Crippen LogP contribution >= 0.6 is 0 Å². The second-order valence-electron chi connectivity index (χ2n) is 14.9. The van der Waals surface area contributed by atoms with Gasteiger partial charge in [-0.1, -0.05) is 66.2 Å². The predicted octanol–water partition coefficient (Wildman–Crippen LogP) is 5.65. The van der Waals surface area contributed by atoms with Crippen LogP contribution in [0.3, 0.4) is 0 Å². The van der Waals surface area contributed by atoms with Gasteiger partial charge in [0.2, 0.25) is 0 Å². The van der Waals surface area contributed by atoms with Crippen molar-refractivity contribution in [2.45, 2.75) is 125 Å². The van der Waals surface area contributed by atoms with Crippen LogP contribution in [0, 0.1) is 45.8 Å². The molecule has 0 aromatic heterocycles. The first kappa shape index (κ1) is 32.6. The van der Waals surface area contributed by atoms with Crippen molar-refractivity contribution in [3.05, 3.63) is 23.3 Å². The van der Waals surface area contributed by atoms with Crippen LogP contribution in [0.2, 0.25) is 0 Å². The molecule has 0 heterocycles. The maximum atomic E-state index is 12.5. The number of esters is 1. The fourth-order valence-electron chi connectivity index (χ4n) is 10.0. The zero-order chi connectivity index (χ0) is 30.9. The number of carbonyl (C=O) groups is 1. The van der Waals surface area contributed by atoms with Gasteiger partial charge in [-0.2, -0.15) is 8.42 Å². The van der Waals surface area contributed by atoms with E-state index in [-0.39, 0.29) is 24.2 Å². The minimum absolute atomic E-state index is 0.135. The highest BCUT2D eigenvalue weighted by molar-refractivity contribution is 7.80. The molecule has 234 valence electrons. The molecule has 0 aromatic carbocycles. The molecule has 0 aromatic rings. The van der Waals surface area contributed by atoms with E-state index in [0.29, 0.717) is 11.8 Å². The van der Waals surface area contributed by atoms with Gasteiger partial charge in [0.05, 0.1) is 6.10 Å². The molecule has 2 saturated carbocycles. The van der Waals surface area contributed by atoms with E-state index in [1.807, 2.05) is 20.8 Å². The molecule has 4 aliphatic rings. The number of allylic oxidation sites excluding steroid dienone is 2. The summed E-state index contributed by atoms with van der Waals surface area (Å²) in [7, 11) is -4.78. The molecule has 4 rings (SSSR count). The molecule has 0 aliphatic heterocycles. The smallest absolute Gasteiger partial charge is 0.397 e. The second-order valence-corrected chi connectivity index (χ2v) is 15.9. The molecule has 10 atom stereocenters. The summed E-state index contributed by atoms with van der Waals surface area (Å²) in [5.74, 6) is 0.615. The van der Waals surface area contributed by atoms with Crippen LogP contribution in [0.15, 0.2) is 23.3 Å². The van der Waals surface area contributed by atoms with E-state index in [4.69, 9.17) is 8.92 Å². The van der Waals surface area contributed by atoms with Gasteiger partial charge in [-0.25, -0.2) is 4.18 Å². The van der Waals surface area contributed by atoms with Gasteiger partial charge in [0.1, 0.15) is 18.3 Å². The number of hydrogen-bond donors (Lipinski definition) is 3. The molecule has 2 fully saturated rings. The lowest BCUT2D eigenvalue weighted by atomic mass is 9.44. The van der Waals surface area contributed by atoms with Gasteiger partial charge >= 0.3 is 16.4 Å². The van der Waals surface area contributed by atoms with Crippen molar-refractivity contribution in [2.75, 3.05) is 0 Å². The van der Waals surface area contributed by atoms with Crippen molar-refractivity contribution in [1.82, 2.24) is 0 Å². The fourth-order valence-corrected chi connectivity index (χ4v) is 10.7. The number of hydrogen-bond acceptors (Lipinski definition) is 7. The largest absolute Gasteiger partial charge is 0.459 e. The number of fused-ring (bicyclic) bond motifs is 4. The number of aliphatic hydroxyl groups excluding tert-OH is 2. The normalized spacial score (nSPS) is 40.9. The highest BCUT2D eigenvalue weighted by Crippen LogP contribution is 2.68. The van der Waals surface area contributed by atoms with Gasteiger partial charge in [-0.3, -0.25) is 9.35 Å². The third kappa shape index (κ3) is 5.47. The van der Waals surface area contributed by atoms with Crippen molar-refractivity contribution < 1.29 is 36.9 Å². The third-order valence-electron chi connectivity index (χ3n) is 11.9. The Labute approximate surface area is 246 Å². The van der Waals surface area contributed by atoms with Crippen molar-refractivity contribution in [3.63, 3.8) is 0 Å². The molecule has 8 nitrogen and oxygen atoms in total. The zero-order valence-corrected chi connectivity index (χ0v) is 27.0. The van der Waals surface area contributed by atoms with E-state index < -0.39 is 57.0 Å². The van der Waals surface area contributed by atoms with Gasteiger partial charge in [-0.15, -0.1) is 0 Å². The minimum atomic E-state index is -4.78. The third-order valence-corrected chi connectivity index (χ3v) is 12.4. The molecular weight excluding hydrogens is 544 g/mol. The summed E-state index contributed by atoms with van der Waals surface area (Å²) in [6.07, 6.45) is 1.46. The molecule has 4 aliphatic carbocycles. The highest BCUT2D eigenvalue weighted by atomic mass is 32.3. The number of aliphatic hydroxyl groups is 2. The van der Waals surface area contributed by atoms with Crippen LogP contribution in [0.1, 0.15) is 100 Å². The number of carbonyl (C=O) groups excluding carboxylic acids is 1. The van der Waals surface area contributed by atoms with Crippen molar-refractivity contribution in [1.29, 1.82) is 0 Å². The monoisotopic (exact) mass is 596 g/mol. The summed E-state index contributed by atoms with van der Waals surface area (Å²) in [6, 6.07) is 0. The van der Waals surface area contributed by atoms with E-state index in [2.05, 4.69) is 34.3 Å². The average Bonchev–Trinajstić information content (AvgIpc) is 3.19. The summed E-state index contributed by atoms with van der Waals surface area (Å²) in [5.41, 5.74) is 1.37. The summed E-state index contributed by atoms with van der Waals surface area (Å²) < 4.78 is 43.9. The molecule has 41 heavy (non-hydrogen) atoms. The van der Waals surface area contributed by atoms with E-state index >= 15 is 0 Å². The van der Waals surface area contributed by atoms with Crippen LogP contribution in [-0.2, 0) is 24.1 Å². The molecule has 0 bridgehead atoms. The first-order valence-electron chi connectivity index (χ1n) is 15.4. The second kappa shape index (κ2) is 11.0. The summed E-state index contributed by atoms with van der Waals surface area (Å²) in [6.45, 7) is 20.2. The summed E-state index contributed by atoms with van der Waals surface area (Å²) in [4.78, 5) is 12.5. The van der Waals surface area contributed by atoms with Crippen molar-refractivity contribution >= 4 is 16.4 Å². The van der Waals surface area contributed by atoms with Gasteiger partial charge in [-0.05, 0) is 90.9 Å². The Bertz CT molecular complexity index is 1190. The first-order valence-corrected chi connectivity index (χ1v) is 16.7. The Morgan fingerprint density at radius 3 is 2.27 bits per heavy atom. The van der Waals surface area contributed by atoms with Crippen LogP contribution in [0.25, 0.3) is 0 Å². The molecular formula is C32H52O8S. The van der Waals surface area contributed by atoms with Crippen molar-refractivity contribution in [3.8, 4) is 0 Å². The molecule has 0 unspecified atom stereocenters. The summed E-state index contributed by atoms with van der Waals surface area (Å²) >= 11 is 0. The predicted molar refractivity (Wildman–Crippen MR) is 157 cm³/mol. The van der Waals surface area contributed by atoms with Gasteiger partial charge in [0.15, 0.2) is 0 Å². The van der Waals surface area contributed by atoms with E-state index in [1.165, 1.54) is 18.1 Å². The topological polar surface area (TPSA) is 130 Å². The minimum Gasteiger partial charge on any atom is -0.459 e. The molecule has 3 N–H and O–H groups in total. The van der Waals surface area contributed by atoms with E-state index in [9.17, 15) is 28.0 Å². The Morgan fingerprint density at radius 1 is 1.07 bits per heavy atom. The zero-order valence-electron chi connectivity index (χ0n) is 26.1. The Hall–Kier alpha value is -1.26. The molecule has 0 spiro atoms. The number of ether oxygens (including phenoxy) is 1. The number of rotatable bonds is 8. The first-order chi connectivity index (χ1) is 18.8. The summed E-state index contributed by atoms with van der Waals surface area (Å²) in [5, 5.41) is 23.5. The lowest BCUT2D eigenvalue weighted by Gasteiger charge is -2.63. The lowest BCUT2D eigenvalue weighted by Crippen LogP contribution is -2.64. The van der Waals surface area contributed by atoms with Gasteiger partial charge in [0, 0.05) is 12.3 Å². The average molecular weight is 597 g/mol. The SMILES string of the molecule is C=C(CC[C@H](C)[C@H]1CC[C@H]2C3=C([C@@H](O)[C@H](OC(C)=O)[C@]12C)[C@@]1(C)C[C@@H](O)[C@H](OS(=O)(=O)O)C(C)(C)[C@@H]1CC3)C(C)C. The Balaban J connectivity index is 1.76. The van der Waals surface area contributed by atoms with Crippen LogP contribution in [-0.4, -0.2) is 53.6 Å². The van der Waals surface area contributed by atoms with Gasteiger partial charge < -0.3 is 14.9 Å². The van der Waals surface area contributed by atoms with E-state index in [1.54, 1.807) is 0 Å². The standard InChI is InChI=1S/C32H52O8S/c1-17(2)18(3)10-11-19(4)22-13-14-23-21-12-15-25-30(6,7)28(40-41(36,37)38)24(34)16-31(25,8)26(21)27(35)29(32(22,23)9)39-20(5)33/h17,19,22-25,27-29,34-35H,3,10-16H2,1-2,4-9H3,(H,36,37,38)/t19-,22+,23-,24+,25-,27+,28-,29-,31-,32+/m0/s1. The molecule has 0 amide bonds. The van der Waals surface area contributed by atoms with Crippen LogP contribution in [0.5, 0.6) is 0 Å². The maximum Gasteiger partial charge on any atom is 0.397 e. The fraction of sp³-hybridized carbons (Fsp3) is 0.844. The quantitative estimate of drug-likeness (QED) is 0.186. The Morgan fingerprint density at radius 2 is 1.71 bits per heavy atom. The van der Waals surface area contributed by atoms with Crippen LogP contribution in [0.4, 0.5) is 0 Å². The van der Waals surface area contributed by atoms with E-state index in [0.717, 1.165) is 44.1 Å².